The van der Waals surface area contributed by atoms with Gasteiger partial charge < -0.3 is 5.11 Å². The van der Waals surface area contributed by atoms with Crippen molar-refractivity contribution in [1.82, 2.24) is 3.97 Å². The maximum Gasteiger partial charge on any atom is 0.268 e. The maximum atomic E-state index is 13.6. The van der Waals surface area contributed by atoms with Crippen LogP contribution in [-0.4, -0.2) is 17.5 Å². The molecule has 0 amide bonds. The fraction of sp³-hybridized carbons (Fsp3) is 0.200. The molecule has 4 rings (SSSR count). The van der Waals surface area contributed by atoms with Gasteiger partial charge in [-0.15, -0.1) is 0 Å². The number of hydrogen-bond acceptors (Lipinski definition) is 3. The van der Waals surface area contributed by atoms with E-state index in [0.717, 1.165) is 28.4 Å². The van der Waals surface area contributed by atoms with E-state index in [0.29, 0.717) is 16.8 Å². The summed E-state index contributed by atoms with van der Waals surface area (Å²) in [6, 6.07) is 10.3. The second kappa shape index (κ2) is 6.58. The highest BCUT2D eigenvalue weighted by Gasteiger charge is 2.34. The Kier molecular flexibility index (Phi) is 4.36. The lowest BCUT2D eigenvalue weighted by atomic mass is 10.0. The molecule has 1 aliphatic rings. The zero-order chi connectivity index (χ0) is 19.2. The zero-order valence-corrected chi connectivity index (χ0v) is 15.1. The Morgan fingerprint density at radius 1 is 1.04 bits per heavy atom. The topological polar surface area (TPSA) is 59.3 Å². The van der Waals surface area contributed by atoms with Gasteiger partial charge in [-0.3, -0.25) is 0 Å². The summed E-state index contributed by atoms with van der Waals surface area (Å²) in [7, 11) is -4.10. The minimum Gasteiger partial charge on any atom is -0.392 e. The summed E-state index contributed by atoms with van der Waals surface area (Å²) in [5.41, 5.74) is 2.18. The lowest BCUT2D eigenvalue weighted by molar-refractivity contribution is 0.281. The molecule has 7 heteroatoms. The fourth-order valence-corrected chi connectivity index (χ4v) is 4.77. The lowest BCUT2D eigenvalue weighted by Crippen LogP contribution is -2.14. The molecule has 0 unspecified atom stereocenters. The number of aliphatic hydroxyl groups is 1. The van der Waals surface area contributed by atoms with Gasteiger partial charge in [-0.05, 0) is 72.4 Å². The molecule has 1 aromatic heterocycles. The summed E-state index contributed by atoms with van der Waals surface area (Å²) in [6.45, 7) is -0.314. The Morgan fingerprint density at radius 2 is 1.74 bits per heavy atom. The molecule has 0 spiro atoms. The van der Waals surface area contributed by atoms with Crippen molar-refractivity contribution >= 4 is 10.0 Å². The average Bonchev–Trinajstić information content (AvgIpc) is 3.41. The van der Waals surface area contributed by atoms with Gasteiger partial charge in [0, 0.05) is 11.8 Å². The molecular weight excluding hydrogens is 372 g/mol. The summed E-state index contributed by atoms with van der Waals surface area (Å²) in [5, 5.41) is 9.78. The largest absolute Gasteiger partial charge is 0.392 e. The summed E-state index contributed by atoms with van der Waals surface area (Å²) in [4.78, 5) is -0.187. The van der Waals surface area contributed by atoms with Crippen LogP contribution >= 0.6 is 0 Å². The number of aromatic nitrogens is 1. The van der Waals surface area contributed by atoms with E-state index in [1.165, 1.54) is 48.7 Å². The minimum atomic E-state index is -4.10. The summed E-state index contributed by atoms with van der Waals surface area (Å²) < 4.78 is 54.5. The monoisotopic (exact) mass is 389 g/mol. The third-order valence-electron chi connectivity index (χ3n) is 4.72. The normalized spacial score (nSPS) is 14.5. The van der Waals surface area contributed by atoms with Crippen molar-refractivity contribution in [3.05, 3.63) is 77.5 Å². The second-order valence-corrected chi connectivity index (χ2v) is 8.43. The van der Waals surface area contributed by atoms with Crippen LogP contribution in [0.4, 0.5) is 8.78 Å². The molecule has 140 valence electrons. The van der Waals surface area contributed by atoms with Gasteiger partial charge >= 0.3 is 0 Å². The van der Waals surface area contributed by atoms with E-state index in [2.05, 4.69) is 0 Å². The van der Waals surface area contributed by atoms with E-state index in [-0.39, 0.29) is 17.4 Å². The molecule has 0 atom stereocenters. The van der Waals surface area contributed by atoms with E-state index in [1.807, 2.05) is 0 Å². The molecule has 0 bridgehead atoms. The zero-order valence-electron chi connectivity index (χ0n) is 14.3. The average molecular weight is 389 g/mol. The first-order valence-corrected chi connectivity index (χ1v) is 9.98. The van der Waals surface area contributed by atoms with E-state index in [4.69, 9.17) is 0 Å². The van der Waals surface area contributed by atoms with E-state index < -0.39 is 21.7 Å². The molecule has 1 aliphatic carbocycles. The molecule has 3 aromatic rings. The summed E-state index contributed by atoms with van der Waals surface area (Å²) in [6.07, 6.45) is 3.17. The van der Waals surface area contributed by atoms with Crippen molar-refractivity contribution in [2.75, 3.05) is 0 Å². The van der Waals surface area contributed by atoms with Crippen molar-refractivity contribution in [2.45, 2.75) is 30.3 Å². The Bertz CT molecular complexity index is 1100. The molecule has 4 nitrogen and oxygen atoms in total. The highest BCUT2D eigenvalue weighted by Crippen LogP contribution is 2.47. The van der Waals surface area contributed by atoms with Crippen LogP contribution in [0.5, 0.6) is 0 Å². The molecule has 0 aliphatic heterocycles. The number of hydrogen-bond donors (Lipinski definition) is 1. The van der Waals surface area contributed by atoms with Crippen molar-refractivity contribution in [2.24, 2.45) is 0 Å². The number of halogens is 2. The van der Waals surface area contributed by atoms with Crippen molar-refractivity contribution < 1.29 is 22.3 Å². The summed E-state index contributed by atoms with van der Waals surface area (Å²) >= 11 is 0. The molecule has 1 fully saturated rings. The number of aliphatic hydroxyl groups excluding tert-OH is 1. The quantitative estimate of drug-likeness (QED) is 0.717. The van der Waals surface area contributed by atoms with Gasteiger partial charge in [-0.2, -0.15) is 0 Å². The Labute approximate surface area is 155 Å². The number of benzene rings is 2. The standard InChI is InChI=1S/C20H17F2NO3S/c21-16-8-6-14(7-9-16)20-19(13-4-5-13)15(12-24)11-23(20)27(25,26)18-3-1-2-17(22)10-18/h1-3,6-11,13,24H,4-5,12H2. The van der Waals surface area contributed by atoms with Crippen LogP contribution in [0.2, 0.25) is 0 Å². The molecule has 0 radical (unpaired) electrons. The Hall–Kier alpha value is -2.51. The van der Waals surface area contributed by atoms with Crippen LogP contribution in [0.1, 0.15) is 29.9 Å². The van der Waals surface area contributed by atoms with Crippen LogP contribution in [0.3, 0.4) is 0 Å². The van der Waals surface area contributed by atoms with Crippen molar-refractivity contribution in [1.29, 1.82) is 0 Å². The smallest absolute Gasteiger partial charge is 0.268 e. The van der Waals surface area contributed by atoms with Crippen molar-refractivity contribution in [3.8, 4) is 11.3 Å². The van der Waals surface area contributed by atoms with Crippen LogP contribution in [0, 0.1) is 11.6 Å². The highest BCUT2D eigenvalue weighted by molar-refractivity contribution is 7.90. The molecule has 1 heterocycles. The molecule has 1 saturated carbocycles. The first-order valence-electron chi connectivity index (χ1n) is 8.54. The van der Waals surface area contributed by atoms with Gasteiger partial charge in [0.2, 0.25) is 0 Å². The highest BCUT2D eigenvalue weighted by atomic mass is 32.2. The Morgan fingerprint density at radius 3 is 2.33 bits per heavy atom. The van der Waals surface area contributed by atoms with Crippen LogP contribution in [0.15, 0.2) is 59.6 Å². The fourth-order valence-electron chi connectivity index (χ4n) is 3.32. The first kappa shape index (κ1) is 17.9. The first-order chi connectivity index (χ1) is 12.9. The number of rotatable bonds is 5. The van der Waals surface area contributed by atoms with E-state index in [9.17, 15) is 22.3 Å². The third kappa shape index (κ3) is 3.17. The van der Waals surface area contributed by atoms with Crippen molar-refractivity contribution in [3.63, 3.8) is 0 Å². The van der Waals surface area contributed by atoms with Gasteiger partial charge in [0.15, 0.2) is 0 Å². The van der Waals surface area contributed by atoms with Gasteiger partial charge in [0.05, 0.1) is 17.2 Å². The molecule has 0 saturated heterocycles. The van der Waals surface area contributed by atoms with Gasteiger partial charge in [-0.1, -0.05) is 6.07 Å². The second-order valence-electron chi connectivity index (χ2n) is 6.61. The predicted octanol–water partition coefficient (Wildman–Crippen LogP) is 4.04. The van der Waals surface area contributed by atoms with Gasteiger partial charge in [0.1, 0.15) is 11.6 Å². The van der Waals surface area contributed by atoms with E-state index in [1.54, 1.807) is 0 Å². The van der Waals surface area contributed by atoms with Crippen LogP contribution in [0.25, 0.3) is 11.3 Å². The van der Waals surface area contributed by atoms with Crippen LogP contribution < -0.4 is 0 Å². The minimum absolute atomic E-state index is 0.149. The van der Waals surface area contributed by atoms with Crippen LogP contribution in [-0.2, 0) is 16.6 Å². The van der Waals surface area contributed by atoms with E-state index >= 15 is 0 Å². The molecule has 27 heavy (non-hydrogen) atoms. The molecule has 2 aromatic carbocycles. The summed E-state index contributed by atoms with van der Waals surface area (Å²) in [5.74, 6) is -0.937. The number of nitrogens with zero attached hydrogens (tertiary/aromatic N) is 1. The lowest BCUT2D eigenvalue weighted by Gasteiger charge is -2.13. The van der Waals surface area contributed by atoms with Gasteiger partial charge in [0.25, 0.3) is 10.0 Å². The molecular formula is C20H17F2NO3S. The predicted molar refractivity (Wildman–Crippen MR) is 96.7 cm³/mol. The maximum absolute atomic E-state index is 13.6. The SMILES string of the molecule is O=S(=O)(c1cccc(F)c1)n1cc(CO)c(C2CC2)c1-c1ccc(F)cc1. The third-order valence-corrected chi connectivity index (χ3v) is 6.38. The van der Waals surface area contributed by atoms with Gasteiger partial charge in [-0.25, -0.2) is 21.2 Å². The Balaban J connectivity index is 1.99. The molecule has 1 N–H and O–H groups in total.